The standard InChI is InChI=1S/C19H25N3O2/c23-18(20-13-5-8-14-6-1-2-7-14)12-11-17-21-16-10-4-3-9-15(16)19(24)22-17/h3-4,9-10,14H,1-2,5-8,11-13H2,(H,20,23)(H,21,22,24). The quantitative estimate of drug-likeness (QED) is 0.768. The van der Waals surface area contributed by atoms with Crippen LogP contribution in [0.5, 0.6) is 0 Å². The number of hydrogen-bond donors (Lipinski definition) is 2. The van der Waals surface area contributed by atoms with E-state index in [4.69, 9.17) is 0 Å². The van der Waals surface area contributed by atoms with Crippen LogP contribution in [-0.4, -0.2) is 22.4 Å². The fraction of sp³-hybridized carbons (Fsp3) is 0.526. The Kier molecular flexibility index (Phi) is 5.62. The van der Waals surface area contributed by atoms with Crippen molar-refractivity contribution < 1.29 is 4.79 Å². The molecule has 1 amide bonds. The van der Waals surface area contributed by atoms with Gasteiger partial charge in [0.05, 0.1) is 10.9 Å². The maximum Gasteiger partial charge on any atom is 0.258 e. The average molecular weight is 327 g/mol. The summed E-state index contributed by atoms with van der Waals surface area (Å²) < 4.78 is 0. The topological polar surface area (TPSA) is 74.8 Å². The van der Waals surface area contributed by atoms with Crippen molar-refractivity contribution in [2.75, 3.05) is 6.54 Å². The van der Waals surface area contributed by atoms with Crippen LogP contribution < -0.4 is 10.9 Å². The minimum atomic E-state index is -0.146. The van der Waals surface area contributed by atoms with E-state index in [0.29, 0.717) is 29.6 Å². The van der Waals surface area contributed by atoms with Crippen molar-refractivity contribution in [3.8, 4) is 0 Å². The Hall–Kier alpha value is -2.17. The van der Waals surface area contributed by atoms with Gasteiger partial charge in [-0.25, -0.2) is 4.98 Å². The summed E-state index contributed by atoms with van der Waals surface area (Å²) in [6.45, 7) is 0.747. The predicted octanol–water partition coefficient (Wildman–Crippen LogP) is 2.94. The summed E-state index contributed by atoms with van der Waals surface area (Å²) in [5.74, 6) is 1.46. The largest absolute Gasteiger partial charge is 0.356 e. The zero-order chi connectivity index (χ0) is 16.8. The molecule has 1 aliphatic rings. The van der Waals surface area contributed by atoms with Gasteiger partial charge < -0.3 is 10.3 Å². The first-order valence-electron chi connectivity index (χ1n) is 8.97. The third kappa shape index (κ3) is 4.43. The zero-order valence-corrected chi connectivity index (χ0v) is 14.0. The summed E-state index contributed by atoms with van der Waals surface area (Å²) in [5.41, 5.74) is 0.529. The van der Waals surface area contributed by atoms with Crippen LogP contribution in [-0.2, 0) is 11.2 Å². The lowest BCUT2D eigenvalue weighted by atomic mass is 10.0. The lowest BCUT2D eigenvalue weighted by molar-refractivity contribution is -0.121. The van der Waals surface area contributed by atoms with E-state index in [-0.39, 0.29) is 11.5 Å². The highest BCUT2D eigenvalue weighted by Crippen LogP contribution is 2.28. The van der Waals surface area contributed by atoms with E-state index in [1.807, 2.05) is 18.2 Å². The molecular formula is C19H25N3O2. The van der Waals surface area contributed by atoms with Crippen LogP contribution in [0.4, 0.5) is 0 Å². The van der Waals surface area contributed by atoms with Crippen LogP contribution in [0, 0.1) is 5.92 Å². The number of nitrogens with zero attached hydrogens (tertiary/aromatic N) is 1. The number of fused-ring (bicyclic) bond motifs is 1. The van der Waals surface area contributed by atoms with Crippen LogP contribution in [0.3, 0.4) is 0 Å². The van der Waals surface area contributed by atoms with Gasteiger partial charge in [-0.1, -0.05) is 37.8 Å². The van der Waals surface area contributed by atoms with Crippen LogP contribution in [0.1, 0.15) is 50.8 Å². The van der Waals surface area contributed by atoms with Gasteiger partial charge in [0.15, 0.2) is 0 Å². The van der Waals surface area contributed by atoms with Gasteiger partial charge in [0.2, 0.25) is 5.91 Å². The molecule has 0 aliphatic heterocycles. The van der Waals surface area contributed by atoms with E-state index < -0.39 is 0 Å². The second-order valence-corrected chi connectivity index (χ2v) is 6.67. The molecule has 5 heteroatoms. The van der Waals surface area contributed by atoms with Crippen LogP contribution in [0.15, 0.2) is 29.1 Å². The third-order valence-electron chi connectivity index (χ3n) is 4.84. The van der Waals surface area contributed by atoms with Gasteiger partial charge in [-0.15, -0.1) is 0 Å². The normalized spacial score (nSPS) is 15.0. The molecule has 5 nitrogen and oxygen atoms in total. The second-order valence-electron chi connectivity index (χ2n) is 6.67. The SMILES string of the molecule is O=C(CCc1nc2ccccc2c(=O)[nH]1)NCCCC1CCCC1. The summed E-state index contributed by atoms with van der Waals surface area (Å²) in [5, 5.41) is 3.55. The summed E-state index contributed by atoms with van der Waals surface area (Å²) >= 11 is 0. The van der Waals surface area contributed by atoms with Crippen LogP contribution in [0.25, 0.3) is 10.9 Å². The van der Waals surface area contributed by atoms with Gasteiger partial charge in [-0.2, -0.15) is 0 Å². The molecule has 2 aromatic rings. The van der Waals surface area contributed by atoms with Crippen molar-refractivity contribution in [3.63, 3.8) is 0 Å². The number of para-hydroxylation sites is 1. The molecule has 0 saturated heterocycles. The van der Waals surface area contributed by atoms with Gasteiger partial charge >= 0.3 is 0 Å². The monoisotopic (exact) mass is 327 g/mol. The number of amides is 1. The Morgan fingerprint density at radius 3 is 2.88 bits per heavy atom. The van der Waals surface area contributed by atoms with Crippen molar-refractivity contribution in [2.45, 2.75) is 51.4 Å². The molecule has 24 heavy (non-hydrogen) atoms. The molecule has 2 N–H and O–H groups in total. The maximum atomic E-state index is 12.0. The molecule has 128 valence electrons. The second kappa shape index (κ2) is 8.08. The number of rotatable bonds is 7. The number of aryl methyl sites for hydroxylation is 1. The molecule has 0 spiro atoms. The summed E-state index contributed by atoms with van der Waals surface area (Å²) in [7, 11) is 0. The lowest BCUT2D eigenvalue weighted by Gasteiger charge is -2.09. The fourth-order valence-corrected chi connectivity index (χ4v) is 3.49. The first-order chi connectivity index (χ1) is 11.7. The number of nitrogens with one attached hydrogen (secondary N) is 2. The number of benzene rings is 1. The van der Waals surface area contributed by atoms with Gasteiger partial charge in [0, 0.05) is 19.4 Å². The van der Waals surface area contributed by atoms with Gasteiger partial charge in [0.1, 0.15) is 5.82 Å². The Bertz CT molecular complexity index is 748. The number of H-pyrrole nitrogens is 1. The summed E-state index contributed by atoms with van der Waals surface area (Å²) in [4.78, 5) is 31.1. The summed E-state index contributed by atoms with van der Waals surface area (Å²) in [6, 6.07) is 7.24. The van der Waals surface area contributed by atoms with Crippen LogP contribution >= 0.6 is 0 Å². The van der Waals surface area contributed by atoms with Crippen molar-refractivity contribution >= 4 is 16.8 Å². The van der Waals surface area contributed by atoms with E-state index in [1.165, 1.54) is 32.1 Å². The Balaban J connectivity index is 1.43. The molecular weight excluding hydrogens is 302 g/mol. The minimum absolute atomic E-state index is 0.0252. The van der Waals surface area contributed by atoms with Crippen molar-refractivity contribution in [2.24, 2.45) is 5.92 Å². The fourth-order valence-electron chi connectivity index (χ4n) is 3.49. The van der Waals surface area contributed by atoms with E-state index in [9.17, 15) is 9.59 Å². The minimum Gasteiger partial charge on any atom is -0.356 e. The molecule has 0 radical (unpaired) electrons. The highest BCUT2D eigenvalue weighted by Gasteiger charge is 2.14. The number of hydrogen-bond acceptors (Lipinski definition) is 3. The molecule has 0 bridgehead atoms. The lowest BCUT2D eigenvalue weighted by Crippen LogP contribution is -2.25. The van der Waals surface area contributed by atoms with Gasteiger partial charge in [0.25, 0.3) is 5.56 Å². The smallest absolute Gasteiger partial charge is 0.258 e. The van der Waals surface area contributed by atoms with Crippen molar-refractivity contribution in [1.29, 1.82) is 0 Å². The summed E-state index contributed by atoms with van der Waals surface area (Å²) in [6.07, 6.45) is 8.53. The Labute approximate surface area is 141 Å². The van der Waals surface area contributed by atoms with E-state index in [2.05, 4.69) is 15.3 Å². The number of aromatic nitrogens is 2. The Morgan fingerprint density at radius 1 is 1.25 bits per heavy atom. The molecule has 1 fully saturated rings. The van der Waals surface area contributed by atoms with Gasteiger partial charge in [-0.05, 0) is 30.9 Å². The molecule has 0 unspecified atom stereocenters. The van der Waals surface area contributed by atoms with Crippen LogP contribution in [0.2, 0.25) is 0 Å². The van der Waals surface area contributed by atoms with Crippen molar-refractivity contribution in [1.82, 2.24) is 15.3 Å². The molecule has 1 saturated carbocycles. The highest BCUT2D eigenvalue weighted by atomic mass is 16.1. The maximum absolute atomic E-state index is 12.0. The first-order valence-corrected chi connectivity index (χ1v) is 8.97. The molecule has 1 heterocycles. The molecule has 1 aromatic carbocycles. The van der Waals surface area contributed by atoms with E-state index in [1.54, 1.807) is 6.07 Å². The molecule has 3 rings (SSSR count). The average Bonchev–Trinajstić information content (AvgIpc) is 3.10. The zero-order valence-electron chi connectivity index (χ0n) is 14.0. The number of carbonyl (C=O) groups excluding carboxylic acids is 1. The third-order valence-corrected chi connectivity index (χ3v) is 4.84. The highest BCUT2D eigenvalue weighted by molar-refractivity contribution is 5.78. The first kappa shape index (κ1) is 16.7. The molecule has 1 aliphatic carbocycles. The Morgan fingerprint density at radius 2 is 2.04 bits per heavy atom. The number of carbonyl (C=O) groups is 1. The van der Waals surface area contributed by atoms with Crippen molar-refractivity contribution in [3.05, 3.63) is 40.4 Å². The predicted molar refractivity (Wildman–Crippen MR) is 94.9 cm³/mol. The van der Waals surface area contributed by atoms with E-state index in [0.717, 1.165) is 18.9 Å². The number of aromatic amines is 1. The molecule has 1 aromatic heterocycles. The molecule has 0 atom stereocenters. The van der Waals surface area contributed by atoms with Gasteiger partial charge in [-0.3, -0.25) is 9.59 Å². The van der Waals surface area contributed by atoms with E-state index >= 15 is 0 Å².